The van der Waals surface area contributed by atoms with E-state index in [4.69, 9.17) is 23.2 Å². The molecule has 0 radical (unpaired) electrons. The van der Waals surface area contributed by atoms with Crippen molar-refractivity contribution in [1.82, 2.24) is 14.9 Å². The number of unbranched alkanes of at least 4 members (excludes halogenated alkanes) is 1. The van der Waals surface area contributed by atoms with E-state index in [0.717, 1.165) is 85.2 Å². The van der Waals surface area contributed by atoms with Crippen molar-refractivity contribution in [2.24, 2.45) is 0 Å². The van der Waals surface area contributed by atoms with Crippen LogP contribution in [-0.2, 0) is 6.54 Å². The molecule has 5 aromatic rings. The molecule has 0 saturated carbocycles. The van der Waals surface area contributed by atoms with Crippen molar-refractivity contribution in [3.8, 4) is 0 Å². The Hall–Kier alpha value is -3.38. The molecule has 0 fully saturated rings. The number of hydrogen-bond donors (Lipinski definition) is 2. The fourth-order valence-electron chi connectivity index (χ4n) is 4.87. The summed E-state index contributed by atoms with van der Waals surface area (Å²) in [5.74, 6) is 0. The summed E-state index contributed by atoms with van der Waals surface area (Å²) in [6.07, 6.45) is 6.93. The first-order valence-corrected chi connectivity index (χ1v) is 14.2. The van der Waals surface area contributed by atoms with Crippen molar-refractivity contribution in [1.29, 1.82) is 0 Å². The Labute approximate surface area is 240 Å². The zero-order valence-corrected chi connectivity index (χ0v) is 23.4. The second-order valence-electron chi connectivity index (χ2n) is 9.72. The van der Waals surface area contributed by atoms with E-state index in [0.29, 0.717) is 10.0 Å². The lowest BCUT2D eigenvalue weighted by molar-refractivity contribution is 0.260. The fourth-order valence-corrected chi connectivity index (χ4v) is 5.20. The summed E-state index contributed by atoms with van der Waals surface area (Å²) in [6.45, 7) is 4.86. The third-order valence-electron chi connectivity index (χ3n) is 6.84. The molecule has 0 amide bonds. The first-order valence-electron chi connectivity index (χ1n) is 13.5. The predicted molar refractivity (Wildman–Crippen MR) is 166 cm³/mol. The van der Waals surface area contributed by atoms with Gasteiger partial charge in [-0.05, 0) is 79.9 Å². The van der Waals surface area contributed by atoms with E-state index in [1.807, 2.05) is 60.9 Å². The van der Waals surface area contributed by atoms with E-state index >= 15 is 0 Å². The second-order valence-corrected chi connectivity index (χ2v) is 10.6. The molecule has 0 atom stereocenters. The van der Waals surface area contributed by atoms with Gasteiger partial charge in [0.15, 0.2) is 0 Å². The van der Waals surface area contributed by atoms with Gasteiger partial charge < -0.3 is 10.6 Å². The van der Waals surface area contributed by atoms with Crippen LogP contribution in [0.5, 0.6) is 0 Å². The monoisotopic (exact) mass is 557 g/mol. The fraction of sp³-hybridized carbons (Fsp3) is 0.250. The van der Waals surface area contributed by atoms with Crippen LogP contribution >= 0.6 is 23.2 Å². The van der Waals surface area contributed by atoms with Crippen LogP contribution < -0.4 is 10.6 Å². The van der Waals surface area contributed by atoms with Gasteiger partial charge in [-0.1, -0.05) is 53.5 Å². The van der Waals surface area contributed by atoms with Crippen molar-refractivity contribution in [3.05, 3.63) is 107 Å². The maximum Gasteiger partial charge on any atom is 0.0737 e. The molecule has 0 spiro atoms. The number of fused-ring (bicyclic) bond motifs is 2. The maximum atomic E-state index is 6.14. The Bertz CT molecular complexity index is 1510. The van der Waals surface area contributed by atoms with E-state index in [2.05, 4.69) is 55.8 Å². The quantitative estimate of drug-likeness (QED) is 0.142. The highest BCUT2D eigenvalue weighted by molar-refractivity contribution is 6.31. The van der Waals surface area contributed by atoms with E-state index in [-0.39, 0.29) is 0 Å². The lowest BCUT2D eigenvalue weighted by atomic mass is 10.1. The van der Waals surface area contributed by atoms with E-state index in [9.17, 15) is 0 Å². The number of anilines is 2. The van der Waals surface area contributed by atoms with Crippen molar-refractivity contribution in [2.75, 3.05) is 36.8 Å². The second kappa shape index (κ2) is 13.6. The molecule has 2 aromatic heterocycles. The molecular weight excluding hydrogens is 525 g/mol. The van der Waals surface area contributed by atoms with E-state index in [1.165, 1.54) is 5.56 Å². The number of benzene rings is 3. The van der Waals surface area contributed by atoms with Gasteiger partial charge in [-0.2, -0.15) is 0 Å². The van der Waals surface area contributed by atoms with Gasteiger partial charge in [0, 0.05) is 70.8 Å². The van der Waals surface area contributed by atoms with Crippen molar-refractivity contribution in [3.63, 3.8) is 0 Å². The Kier molecular flexibility index (Phi) is 9.49. The molecule has 2 heterocycles. The smallest absolute Gasteiger partial charge is 0.0737 e. The number of halogens is 2. The zero-order chi connectivity index (χ0) is 26.9. The van der Waals surface area contributed by atoms with Gasteiger partial charge in [0.05, 0.1) is 11.0 Å². The molecular formula is C32H33Cl2N5. The van der Waals surface area contributed by atoms with Gasteiger partial charge in [0.1, 0.15) is 0 Å². The summed E-state index contributed by atoms with van der Waals surface area (Å²) in [6, 6.07) is 26.5. The molecule has 0 aliphatic rings. The molecule has 5 rings (SSSR count). The average Bonchev–Trinajstić information content (AvgIpc) is 2.95. The summed E-state index contributed by atoms with van der Waals surface area (Å²) >= 11 is 12.3. The molecule has 2 N–H and O–H groups in total. The summed E-state index contributed by atoms with van der Waals surface area (Å²) < 4.78 is 0. The van der Waals surface area contributed by atoms with Crippen molar-refractivity contribution in [2.45, 2.75) is 25.8 Å². The van der Waals surface area contributed by atoms with Crippen LogP contribution in [-0.4, -0.2) is 41.0 Å². The zero-order valence-electron chi connectivity index (χ0n) is 21.9. The normalized spacial score (nSPS) is 11.4. The standard InChI is InChI=1S/C32H33Cl2N5/c33-25-9-11-27-29(13-17-37-31(27)21-25)35-15-4-5-19-39(23-24-7-2-1-3-8-24)20-6-16-36-30-14-18-38-32-22-26(34)10-12-28(30)32/h1-3,7-14,17-18,21-22H,4-6,15-16,19-20,23H2,(H,35,37)(H,36,38). The minimum atomic E-state index is 0.706. The number of nitrogens with one attached hydrogen (secondary N) is 2. The maximum absolute atomic E-state index is 6.14. The van der Waals surface area contributed by atoms with Crippen LogP contribution in [0.2, 0.25) is 10.0 Å². The largest absolute Gasteiger partial charge is 0.384 e. The van der Waals surface area contributed by atoms with Crippen LogP contribution in [0.15, 0.2) is 91.3 Å². The molecule has 200 valence electrons. The number of nitrogens with zero attached hydrogens (tertiary/aromatic N) is 3. The SMILES string of the molecule is Clc1ccc2c(NCCCCN(CCCNc3ccnc4cc(Cl)ccc34)Cc3ccccc3)ccnc2c1. The summed E-state index contributed by atoms with van der Waals surface area (Å²) in [5, 5.41) is 10.8. The highest BCUT2D eigenvalue weighted by Crippen LogP contribution is 2.25. The summed E-state index contributed by atoms with van der Waals surface area (Å²) in [5.41, 5.74) is 5.38. The molecule has 39 heavy (non-hydrogen) atoms. The van der Waals surface area contributed by atoms with Crippen LogP contribution in [0, 0.1) is 0 Å². The van der Waals surface area contributed by atoms with Crippen LogP contribution in [0.1, 0.15) is 24.8 Å². The molecule has 3 aromatic carbocycles. The number of pyridine rings is 2. The first-order chi connectivity index (χ1) is 19.2. The average molecular weight is 559 g/mol. The summed E-state index contributed by atoms with van der Waals surface area (Å²) in [7, 11) is 0. The minimum absolute atomic E-state index is 0.706. The summed E-state index contributed by atoms with van der Waals surface area (Å²) in [4.78, 5) is 11.4. The van der Waals surface area contributed by atoms with E-state index in [1.54, 1.807) is 0 Å². The van der Waals surface area contributed by atoms with Gasteiger partial charge >= 0.3 is 0 Å². The lowest BCUT2D eigenvalue weighted by Gasteiger charge is -2.23. The molecule has 0 bridgehead atoms. The van der Waals surface area contributed by atoms with Gasteiger partial charge in [0.25, 0.3) is 0 Å². The molecule has 5 nitrogen and oxygen atoms in total. The van der Waals surface area contributed by atoms with E-state index < -0.39 is 0 Å². The number of rotatable bonds is 13. The van der Waals surface area contributed by atoms with Crippen LogP contribution in [0.3, 0.4) is 0 Å². The molecule has 0 unspecified atom stereocenters. The highest BCUT2D eigenvalue weighted by Gasteiger charge is 2.08. The topological polar surface area (TPSA) is 53.1 Å². The van der Waals surface area contributed by atoms with Crippen LogP contribution in [0.25, 0.3) is 21.8 Å². The molecule has 0 saturated heterocycles. The number of hydrogen-bond acceptors (Lipinski definition) is 5. The van der Waals surface area contributed by atoms with Gasteiger partial charge in [-0.15, -0.1) is 0 Å². The van der Waals surface area contributed by atoms with Gasteiger partial charge in [-0.3, -0.25) is 14.9 Å². The first kappa shape index (κ1) is 27.2. The highest BCUT2D eigenvalue weighted by atomic mass is 35.5. The third-order valence-corrected chi connectivity index (χ3v) is 7.31. The predicted octanol–water partition coefficient (Wildman–Crippen LogP) is 8.29. The molecule has 7 heteroatoms. The Balaban J connectivity index is 1.12. The lowest BCUT2D eigenvalue weighted by Crippen LogP contribution is -2.27. The Morgan fingerprint density at radius 1 is 0.615 bits per heavy atom. The van der Waals surface area contributed by atoms with Gasteiger partial charge in [0.2, 0.25) is 0 Å². The van der Waals surface area contributed by atoms with Crippen molar-refractivity contribution < 1.29 is 0 Å². The molecule has 0 aliphatic carbocycles. The minimum Gasteiger partial charge on any atom is -0.384 e. The molecule has 0 aliphatic heterocycles. The van der Waals surface area contributed by atoms with Gasteiger partial charge in [-0.25, -0.2) is 0 Å². The third kappa shape index (κ3) is 7.60. The Morgan fingerprint density at radius 3 is 1.79 bits per heavy atom. The Morgan fingerprint density at radius 2 is 1.18 bits per heavy atom. The van der Waals surface area contributed by atoms with Crippen molar-refractivity contribution >= 4 is 56.4 Å². The number of aromatic nitrogens is 2. The van der Waals surface area contributed by atoms with Crippen LogP contribution in [0.4, 0.5) is 11.4 Å².